The summed E-state index contributed by atoms with van der Waals surface area (Å²) in [4.78, 5) is 0. The van der Waals surface area contributed by atoms with Crippen LogP contribution >= 0.6 is 0 Å². The van der Waals surface area contributed by atoms with Crippen LogP contribution in [-0.4, -0.2) is 22.4 Å². The fourth-order valence-corrected chi connectivity index (χ4v) is 1.71. The highest BCUT2D eigenvalue weighted by Crippen LogP contribution is 2.11. The second-order valence-corrected chi connectivity index (χ2v) is 5.18. The van der Waals surface area contributed by atoms with Crippen LogP contribution in [0.4, 0.5) is 0 Å². The van der Waals surface area contributed by atoms with E-state index in [2.05, 4.69) is 26.8 Å². The van der Waals surface area contributed by atoms with E-state index < -0.39 is 0 Å². The van der Waals surface area contributed by atoms with Crippen LogP contribution in [0.5, 0.6) is 0 Å². The number of hydrogen-bond donors (Lipinski definition) is 2. The molecule has 0 aliphatic heterocycles. The van der Waals surface area contributed by atoms with Gasteiger partial charge in [-0.1, -0.05) is 23.3 Å². The van der Waals surface area contributed by atoms with Crippen molar-refractivity contribution in [1.29, 1.82) is 0 Å². The summed E-state index contributed by atoms with van der Waals surface area (Å²) < 4.78 is 0. The van der Waals surface area contributed by atoms with E-state index in [1.165, 1.54) is 11.1 Å². The summed E-state index contributed by atoms with van der Waals surface area (Å²) in [7, 11) is 0. The van der Waals surface area contributed by atoms with Gasteiger partial charge in [0.15, 0.2) is 0 Å². The van der Waals surface area contributed by atoms with Gasteiger partial charge in [-0.05, 0) is 59.8 Å². The van der Waals surface area contributed by atoms with Crippen molar-refractivity contribution in [1.82, 2.24) is 0 Å². The molecule has 100 valence electrons. The standard InChI is InChI=1S/C15H28O2/c1-12(2)7-5-8-13(3)11-15(17)10-6-9-14(4)16/h7,11,14-17H,5-6,8-10H2,1-4H3/b13-11-. The van der Waals surface area contributed by atoms with Crippen LogP contribution in [0, 0.1) is 0 Å². The molecule has 0 amide bonds. The average molecular weight is 240 g/mol. The molecule has 0 spiro atoms. The maximum atomic E-state index is 9.77. The third-order valence-electron chi connectivity index (χ3n) is 2.69. The molecule has 0 aromatic rings. The molecule has 0 rings (SSSR count). The molecule has 2 unspecified atom stereocenters. The Morgan fingerprint density at radius 1 is 1.12 bits per heavy atom. The Morgan fingerprint density at radius 3 is 2.29 bits per heavy atom. The first kappa shape index (κ1) is 16.4. The maximum absolute atomic E-state index is 9.77. The Balaban J connectivity index is 3.81. The van der Waals surface area contributed by atoms with Crippen LogP contribution < -0.4 is 0 Å². The first-order valence-corrected chi connectivity index (χ1v) is 6.58. The van der Waals surface area contributed by atoms with Crippen molar-refractivity contribution < 1.29 is 10.2 Å². The van der Waals surface area contributed by atoms with Crippen molar-refractivity contribution in [3.63, 3.8) is 0 Å². The fourth-order valence-electron chi connectivity index (χ4n) is 1.71. The van der Waals surface area contributed by atoms with E-state index in [0.29, 0.717) is 0 Å². The number of allylic oxidation sites excluding steroid dienone is 3. The Kier molecular flexibility index (Phi) is 9.10. The molecule has 2 heteroatoms. The van der Waals surface area contributed by atoms with Crippen molar-refractivity contribution in [3.05, 3.63) is 23.3 Å². The third kappa shape index (κ3) is 11.7. The Morgan fingerprint density at radius 2 is 1.76 bits per heavy atom. The van der Waals surface area contributed by atoms with Crippen LogP contribution in [0.1, 0.15) is 59.8 Å². The SMILES string of the molecule is CC(C)=CCC/C(C)=C\C(O)CCCC(C)O. The van der Waals surface area contributed by atoms with E-state index >= 15 is 0 Å². The highest BCUT2D eigenvalue weighted by molar-refractivity contribution is 5.04. The Labute approximate surface area is 106 Å². The molecule has 0 aromatic heterocycles. The quantitative estimate of drug-likeness (QED) is 0.636. The summed E-state index contributed by atoms with van der Waals surface area (Å²) in [6, 6.07) is 0. The zero-order chi connectivity index (χ0) is 13.3. The average Bonchev–Trinajstić information content (AvgIpc) is 2.15. The van der Waals surface area contributed by atoms with E-state index in [9.17, 15) is 5.11 Å². The van der Waals surface area contributed by atoms with Gasteiger partial charge in [0.1, 0.15) is 0 Å². The lowest BCUT2D eigenvalue weighted by Crippen LogP contribution is -2.06. The van der Waals surface area contributed by atoms with Crippen LogP contribution in [0.3, 0.4) is 0 Å². The molecular weight excluding hydrogens is 212 g/mol. The third-order valence-corrected chi connectivity index (χ3v) is 2.69. The van der Waals surface area contributed by atoms with Crippen LogP contribution in [-0.2, 0) is 0 Å². The lowest BCUT2D eigenvalue weighted by atomic mass is 10.0. The molecule has 2 nitrogen and oxygen atoms in total. The normalized spacial score (nSPS) is 15.5. The molecule has 2 atom stereocenters. The molecule has 0 saturated carbocycles. The summed E-state index contributed by atoms with van der Waals surface area (Å²) in [5.74, 6) is 0. The fraction of sp³-hybridized carbons (Fsp3) is 0.733. The molecular formula is C15H28O2. The maximum Gasteiger partial charge on any atom is 0.0723 e. The largest absolute Gasteiger partial charge is 0.393 e. The highest BCUT2D eigenvalue weighted by Gasteiger charge is 2.02. The van der Waals surface area contributed by atoms with Crippen molar-refractivity contribution in [2.75, 3.05) is 0 Å². The minimum Gasteiger partial charge on any atom is -0.393 e. The molecule has 17 heavy (non-hydrogen) atoms. The number of aliphatic hydroxyl groups excluding tert-OH is 2. The molecule has 2 N–H and O–H groups in total. The molecule has 0 radical (unpaired) electrons. The zero-order valence-electron chi connectivity index (χ0n) is 11.7. The van der Waals surface area contributed by atoms with Crippen molar-refractivity contribution in [2.45, 2.75) is 72.0 Å². The molecule has 0 bridgehead atoms. The predicted molar refractivity (Wildman–Crippen MR) is 74.0 cm³/mol. The smallest absolute Gasteiger partial charge is 0.0723 e. The Hall–Kier alpha value is -0.600. The van der Waals surface area contributed by atoms with Gasteiger partial charge in [-0.3, -0.25) is 0 Å². The monoisotopic (exact) mass is 240 g/mol. The van der Waals surface area contributed by atoms with Gasteiger partial charge in [-0.15, -0.1) is 0 Å². The summed E-state index contributed by atoms with van der Waals surface area (Å²) in [5, 5.41) is 18.9. The van der Waals surface area contributed by atoms with Crippen LogP contribution in [0.25, 0.3) is 0 Å². The minimum absolute atomic E-state index is 0.259. The van der Waals surface area contributed by atoms with E-state index in [-0.39, 0.29) is 12.2 Å². The van der Waals surface area contributed by atoms with Gasteiger partial charge in [0, 0.05) is 0 Å². The Bertz CT molecular complexity index is 248. The number of rotatable bonds is 8. The first-order valence-electron chi connectivity index (χ1n) is 6.58. The lowest BCUT2D eigenvalue weighted by Gasteiger charge is -2.08. The lowest BCUT2D eigenvalue weighted by molar-refractivity contribution is 0.163. The predicted octanol–water partition coefficient (Wildman–Crippen LogP) is 3.59. The molecule has 0 aliphatic rings. The second kappa shape index (κ2) is 9.43. The zero-order valence-corrected chi connectivity index (χ0v) is 11.7. The van der Waals surface area contributed by atoms with Crippen molar-refractivity contribution in [3.8, 4) is 0 Å². The van der Waals surface area contributed by atoms with Crippen molar-refractivity contribution >= 4 is 0 Å². The molecule has 0 aliphatic carbocycles. The van der Waals surface area contributed by atoms with Gasteiger partial charge < -0.3 is 10.2 Å². The van der Waals surface area contributed by atoms with Gasteiger partial charge in [0.05, 0.1) is 12.2 Å². The van der Waals surface area contributed by atoms with E-state index in [1.807, 2.05) is 6.08 Å². The second-order valence-electron chi connectivity index (χ2n) is 5.18. The molecule has 0 heterocycles. The minimum atomic E-state index is -0.361. The van der Waals surface area contributed by atoms with Crippen molar-refractivity contribution in [2.24, 2.45) is 0 Å². The van der Waals surface area contributed by atoms with Crippen LogP contribution in [0.15, 0.2) is 23.3 Å². The summed E-state index contributed by atoms with van der Waals surface area (Å²) in [5.41, 5.74) is 2.59. The van der Waals surface area contributed by atoms with Gasteiger partial charge >= 0.3 is 0 Å². The van der Waals surface area contributed by atoms with E-state index in [0.717, 1.165) is 32.1 Å². The van der Waals surface area contributed by atoms with Crippen LogP contribution in [0.2, 0.25) is 0 Å². The van der Waals surface area contributed by atoms with Gasteiger partial charge in [-0.25, -0.2) is 0 Å². The topological polar surface area (TPSA) is 40.5 Å². The number of hydrogen-bond acceptors (Lipinski definition) is 2. The van der Waals surface area contributed by atoms with Gasteiger partial charge in [0.2, 0.25) is 0 Å². The van der Waals surface area contributed by atoms with Gasteiger partial charge in [-0.2, -0.15) is 0 Å². The molecule has 0 aromatic carbocycles. The summed E-state index contributed by atoms with van der Waals surface area (Å²) >= 11 is 0. The van der Waals surface area contributed by atoms with E-state index in [4.69, 9.17) is 5.11 Å². The highest BCUT2D eigenvalue weighted by atomic mass is 16.3. The summed E-state index contributed by atoms with van der Waals surface area (Å²) in [6.07, 6.45) is 7.98. The molecule has 0 fully saturated rings. The number of aliphatic hydroxyl groups is 2. The first-order chi connectivity index (χ1) is 7.91. The van der Waals surface area contributed by atoms with Gasteiger partial charge in [0.25, 0.3) is 0 Å². The summed E-state index contributed by atoms with van der Waals surface area (Å²) in [6.45, 7) is 8.05. The van der Waals surface area contributed by atoms with E-state index in [1.54, 1.807) is 6.92 Å². The molecule has 0 saturated heterocycles.